The number of nitrogens with zero attached hydrogens (tertiary/aromatic N) is 2. The number of hydrogen-bond donors (Lipinski definition) is 3. The molecule has 6 heteroatoms. The third kappa shape index (κ3) is 2.65. The molecule has 2 rings (SSSR count). The molecule has 3 N–H and O–H groups in total. The number of aliphatic hydroxyl groups is 1. The van der Waals surface area contributed by atoms with Crippen molar-refractivity contribution in [1.29, 1.82) is 0 Å². The molecule has 20 heavy (non-hydrogen) atoms. The van der Waals surface area contributed by atoms with E-state index in [1.807, 2.05) is 13.8 Å². The van der Waals surface area contributed by atoms with Crippen LogP contribution in [0.4, 0.5) is 11.6 Å². The standard InChI is InChI=1S/C14H24N4O2/c1-5-6-15-12-11(20-4)13(17-8-16-12)18-9-7-10(19)14(9,2)3/h8-10,19H,5-7H2,1-4H3,(H2,15,16,17,18). The van der Waals surface area contributed by atoms with Crippen molar-refractivity contribution < 1.29 is 9.84 Å². The van der Waals surface area contributed by atoms with Crippen LogP contribution in [0.5, 0.6) is 5.75 Å². The highest BCUT2D eigenvalue weighted by molar-refractivity contribution is 5.64. The number of methoxy groups -OCH3 is 1. The fraction of sp³-hybridized carbons (Fsp3) is 0.714. The minimum atomic E-state index is -0.273. The Morgan fingerprint density at radius 3 is 2.65 bits per heavy atom. The van der Waals surface area contributed by atoms with E-state index in [1.54, 1.807) is 7.11 Å². The minimum absolute atomic E-state index is 0.160. The van der Waals surface area contributed by atoms with E-state index >= 15 is 0 Å². The predicted molar refractivity (Wildman–Crippen MR) is 79.2 cm³/mol. The van der Waals surface area contributed by atoms with Crippen LogP contribution in [0.1, 0.15) is 33.6 Å². The molecule has 6 nitrogen and oxygen atoms in total. The first kappa shape index (κ1) is 14.8. The Hall–Kier alpha value is -1.56. The van der Waals surface area contributed by atoms with Crippen LogP contribution in [0.2, 0.25) is 0 Å². The maximum absolute atomic E-state index is 9.81. The Kier molecular flexibility index (Phi) is 4.32. The molecule has 0 spiro atoms. The van der Waals surface area contributed by atoms with E-state index < -0.39 is 0 Å². The van der Waals surface area contributed by atoms with E-state index in [1.165, 1.54) is 6.33 Å². The van der Waals surface area contributed by atoms with Gasteiger partial charge in [0.25, 0.3) is 0 Å². The molecule has 2 unspecified atom stereocenters. The number of aliphatic hydroxyl groups excluding tert-OH is 1. The van der Waals surface area contributed by atoms with Gasteiger partial charge in [-0.05, 0) is 12.8 Å². The summed E-state index contributed by atoms with van der Waals surface area (Å²) in [5, 5.41) is 16.4. The second-order valence-electron chi connectivity index (χ2n) is 5.80. The lowest BCUT2D eigenvalue weighted by Gasteiger charge is -2.49. The molecule has 1 aromatic heterocycles. The molecule has 1 aromatic rings. The molecular formula is C14H24N4O2. The molecule has 1 saturated carbocycles. The van der Waals surface area contributed by atoms with Crippen LogP contribution < -0.4 is 15.4 Å². The number of aromatic nitrogens is 2. The monoisotopic (exact) mass is 280 g/mol. The number of anilines is 2. The van der Waals surface area contributed by atoms with Crippen LogP contribution in [0.25, 0.3) is 0 Å². The number of ether oxygens (including phenoxy) is 1. The molecule has 2 atom stereocenters. The molecule has 0 aliphatic heterocycles. The average molecular weight is 280 g/mol. The van der Waals surface area contributed by atoms with E-state index in [2.05, 4.69) is 27.5 Å². The first-order valence-corrected chi connectivity index (χ1v) is 7.08. The van der Waals surface area contributed by atoms with Gasteiger partial charge in [0.2, 0.25) is 5.75 Å². The van der Waals surface area contributed by atoms with Crippen LogP contribution in [0.15, 0.2) is 6.33 Å². The van der Waals surface area contributed by atoms with Gasteiger partial charge in [0.05, 0.1) is 13.2 Å². The summed E-state index contributed by atoms with van der Waals surface area (Å²) in [7, 11) is 1.61. The average Bonchev–Trinajstić information content (AvgIpc) is 2.44. The topological polar surface area (TPSA) is 79.3 Å². The first-order valence-electron chi connectivity index (χ1n) is 7.08. The molecule has 0 amide bonds. The Labute approximate surface area is 120 Å². The van der Waals surface area contributed by atoms with Gasteiger partial charge in [0.15, 0.2) is 11.6 Å². The van der Waals surface area contributed by atoms with Gasteiger partial charge < -0.3 is 20.5 Å². The summed E-state index contributed by atoms with van der Waals surface area (Å²) in [5.41, 5.74) is -0.160. The molecule has 1 aliphatic rings. The van der Waals surface area contributed by atoms with Gasteiger partial charge in [-0.1, -0.05) is 20.8 Å². The van der Waals surface area contributed by atoms with Gasteiger partial charge >= 0.3 is 0 Å². The summed E-state index contributed by atoms with van der Waals surface area (Å²) in [6.07, 6.45) is 2.98. The zero-order valence-corrected chi connectivity index (χ0v) is 12.6. The van der Waals surface area contributed by atoms with Gasteiger partial charge in [0.1, 0.15) is 6.33 Å². The quantitative estimate of drug-likeness (QED) is 0.738. The number of rotatable bonds is 6. The maximum Gasteiger partial charge on any atom is 0.204 e. The lowest BCUT2D eigenvalue weighted by atomic mass is 9.64. The van der Waals surface area contributed by atoms with Crippen LogP contribution in [-0.2, 0) is 0 Å². The summed E-state index contributed by atoms with van der Waals surface area (Å²) in [6, 6.07) is 0.181. The molecule has 0 radical (unpaired) electrons. The molecule has 112 valence electrons. The summed E-state index contributed by atoms with van der Waals surface area (Å²) in [4.78, 5) is 8.48. The van der Waals surface area contributed by atoms with Gasteiger partial charge in [0, 0.05) is 18.0 Å². The summed E-state index contributed by atoms with van der Waals surface area (Å²) >= 11 is 0. The number of hydrogen-bond acceptors (Lipinski definition) is 6. The van der Waals surface area contributed by atoms with Gasteiger partial charge in [-0.3, -0.25) is 0 Å². The van der Waals surface area contributed by atoms with Crippen molar-refractivity contribution in [2.75, 3.05) is 24.3 Å². The van der Waals surface area contributed by atoms with Crippen LogP contribution in [0, 0.1) is 5.41 Å². The van der Waals surface area contributed by atoms with Crippen molar-refractivity contribution in [2.24, 2.45) is 5.41 Å². The van der Waals surface area contributed by atoms with Crippen LogP contribution in [-0.4, -0.2) is 40.9 Å². The van der Waals surface area contributed by atoms with Crippen LogP contribution >= 0.6 is 0 Å². The van der Waals surface area contributed by atoms with Crippen molar-refractivity contribution in [3.8, 4) is 5.75 Å². The molecule has 1 fully saturated rings. The third-order valence-electron chi connectivity index (χ3n) is 4.08. The molecular weight excluding hydrogens is 256 g/mol. The zero-order valence-electron chi connectivity index (χ0n) is 12.6. The van der Waals surface area contributed by atoms with Crippen molar-refractivity contribution in [3.63, 3.8) is 0 Å². The zero-order chi connectivity index (χ0) is 14.8. The first-order chi connectivity index (χ1) is 9.50. The Balaban J connectivity index is 2.15. The van der Waals surface area contributed by atoms with E-state index in [0.29, 0.717) is 17.4 Å². The SMILES string of the molecule is CCCNc1ncnc(NC2CC(O)C2(C)C)c1OC. The molecule has 0 saturated heterocycles. The summed E-state index contributed by atoms with van der Waals surface area (Å²) in [5.74, 6) is 1.99. The fourth-order valence-electron chi connectivity index (χ4n) is 2.35. The van der Waals surface area contributed by atoms with Gasteiger partial charge in [-0.2, -0.15) is 0 Å². The van der Waals surface area contributed by atoms with Crippen molar-refractivity contribution in [2.45, 2.75) is 45.8 Å². The van der Waals surface area contributed by atoms with E-state index in [0.717, 1.165) is 19.4 Å². The van der Waals surface area contributed by atoms with Crippen molar-refractivity contribution >= 4 is 11.6 Å². The molecule has 0 aromatic carbocycles. The molecule has 1 aliphatic carbocycles. The van der Waals surface area contributed by atoms with E-state index in [4.69, 9.17) is 4.74 Å². The highest BCUT2D eigenvalue weighted by Gasteiger charge is 2.47. The van der Waals surface area contributed by atoms with Crippen LogP contribution in [0.3, 0.4) is 0 Å². The number of nitrogens with one attached hydrogen (secondary N) is 2. The highest BCUT2D eigenvalue weighted by atomic mass is 16.5. The maximum atomic E-state index is 9.81. The van der Waals surface area contributed by atoms with E-state index in [9.17, 15) is 5.11 Å². The lowest BCUT2D eigenvalue weighted by Crippen LogP contribution is -2.57. The Bertz CT molecular complexity index is 464. The smallest absolute Gasteiger partial charge is 0.204 e. The predicted octanol–water partition coefficient (Wildman–Crippen LogP) is 1.88. The second-order valence-corrected chi connectivity index (χ2v) is 5.80. The normalized spacial score (nSPS) is 23.9. The van der Waals surface area contributed by atoms with Gasteiger partial charge in [-0.15, -0.1) is 0 Å². The molecule has 1 heterocycles. The third-order valence-corrected chi connectivity index (χ3v) is 4.08. The molecule has 0 bridgehead atoms. The summed E-state index contributed by atoms with van der Waals surface area (Å²) in [6.45, 7) is 7.02. The van der Waals surface area contributed by atoms with Crippen molar-refractivity contribution in [3.05, 3.63) is 6.33 Å². The Morgan fingerprint density at radius 2 is 2.10 bits per heavy atom. The summed E-state index contributed by atoms with van der Waals surface area (Å²) < 4.78 is 5.43. The van der Waals surface area contributed by atoms with Gasteiger partial charge in [-0.25, -0.2) is 9.97 Å². The Morgan fingerprint density at radius 1 is 1.40 bits per heavy atom. The largest absolute Gasteiger partial charge is 0.490 e. The second kappa shape index (κ2) is 5.83. The van der Waals surface area contributed by atoms with Crippen molar-refractivity contribution in [1.82, 2.24) is 9.97 Å². The highest BCUT2D eigenvalue weighted by Crippen LogP contribution is 2.43. The fourth-order valence-corrected chi connectivity index (χ4v) is 2.35. The lowest BCUT2D eigenvalue weighted by molar-refractivity contribution is -0.0512. The van der Waals surface area contributed by atoms with E-state index in [-0.39, 0.29) is 17.6 Å². The minimum Gasteiger partial charge on any atom is -0.490 e.